The second-order valence-electron chi connectivity index (χ2n) is 12.3. The number of hydrogen-bond acceptors (Lipinski definition) is 1. The van der Waals surface area contributed by atoms with Gasteiger partial charge in [0.2, 0.25) is 0 Å². The minimum Gasteiger partial charge on any atom is -0.309 e. The van der Waals surface area contributed by atoms with Crippen molar-refractivity contribution in [2.45, 2.75) is 27.7 Å². The molecule has 238 valence electrons. The van der Waals surface area contributed by atoms with Crippen LogP contribution in [0.3, 0.4) is 0 Å². The maximum absolute atomic E-state index is 2.45. The van der Waals surface area contributed by atoms with E-state index in [1.54, 1.807) is 0 Å². The van der Waals surface area contributed by atoms with Crippen LogP contribution in [-0.2, 0) is 0 Å². The van der Waals surface area contributed by atoms with Crippen molar-refractivity contribution >= 4 is 75.1 Å². The third-order valence-corrected chi connectivity index (χ3v) is 10.4. The van der Waals surface area contributed by atoms with E-state index in [0.717, 1.165) is 0 Å². The van der Waals surface area contributed by atoms with Crippen molar-refractivity contribution in [1.82, 2.24) is 9.13 Å². The fourth-order valence-electron chi connectivity index (χ4n) is 7.18. The Balaban J connectivity index is 0.000000344. The van der Waals surface area contributed by atoms with Crippen molar-refractivity contribution in [3.63, 3.8) is 0 Å². The quantitative estimate of drug-likeness (QED) is 0.176. The molecule has 0 unspecified atom stereocenters. The summed E-state index contributed by atoms with van der Waals surface area (Å²) in [7, 11) is 0. The van der Waals surface area contributed by atoms with E-state index in [1.165, 1.54) is 86.3 Å². The molecule has 0 atom stereocenters. The Morgan fingerprint density at radius 1 is 0.388 bits per heavy atom. The first-order valence-electron chi connectivity index (χ1n) is 17.1. The zero-order valence-electron chi connectivity index (χ0n) is 28.3. The molecule has 0 radical (unpaired) electrons. The summed E-state index contributed by atoms with van der Waals surface area (Å²) in [5.41, 5.74) is 9.94. The van der Waals surface area contributed by atoms with Gasteiger partial charge in [0, 0.05) is 53.1 Å². The van der Waals surface area contributed by atoms with Crippen molar-refractivity contribution in [3.05, 3.63) is 169 Å². The summed E-state index contributed by atoms with van der Waals surface area (Å²) in [5, 5.41) is 7.79. The molecular weight excluding hydrogens is 613 g/mol. The topological polar surface area (TPSA) is 9.86 Å². The molecule has 3 heteroatoms. The number of para-hydroxylation sites is 3. The first-order valence-corrected chi connectivity index (χ1v) is 17.9. The third kappa shape index (κ3) is 5.18. The van der Waals surface area contributed by atoms with E-state index in [1.807, 2.05) is 43.4 Å². The number of fused-ring (bicyclic) bond motifs is 10. The van der Waals surface area contributed by atoms with Gasteiger partial charge in [0.15, 0.2) is 0 Å². The predicted octanol–water partition coefficient (Wildman–Crippen LogP) is 13.6. The van der Waals surface area contributed by atoms with Gasteiger partial charge in [-0.2, -0.15) is 0 Å². The van der Waals surface area contributed by atoms with Gasteiger partial charge in [-0.1, -0.05) is 122 Å². The molecule has 0 aliphatic carbocycles. The van der Waals surface area contributed by atoms with Crippen LogP contribution in [0, 0.1) is 13.8 Å². The Bertz CT molecular complexity index is 2740. The molecule has 0 fully saturated rings. The Labute approximate surface area is 291 Å². The third-order valence-electron chi connectivity index (χ3n) is 9.29. The lowest BCUT2D eigenvalue weighted by Crippen LogP contribution is -1.95. The average molecular weight is 651 g/mol. The maximum Gasteiger partial charge on any atom is 0.0641 e. The summed E-state index contributed by atoms with van der Waals surface area (Å²) < 4.78 is 7.57. The van der Waals surface area contributed by atoms with Gasteiger partial charge in [-0.3, -0.25) is 0 Å². The fraction of sp³-hybridized carbons (Fsp3) is 0.0870. The van der Waals surface area contributed by atoms with Crippen LogP contribution in [0.1, 0.15) is 25.0 Å². The van der Waals surface area contributed by atoms with Crippen LogP contribution in [0.5, 0.6) is 0 Å². The van der Waals surface area contributed by atoms with Gasteiger partial charge in [-0.15, -0.1) is 11.3 Å². The Morgan fingerprint density at radius 2 is 0.980 bits per heavy atom. The minimum atomic E-state index is 1.18. The summed E-state index contributed by atoms with van der Waals surface area (Å²) in [5.74, 6) is 0. The van der Waals surface area contributed by atoms with E-state index < -0.39 is 0 Å². The lowest BCUT2D eigenvalue weighted by Gasteiger charge is -2.10. The van der Waals surface area contributed by atoms with E-state index in [-0.39, 0.29) is 0 Å². The number of aromatic nitrogens is 2. The summed E-state index contributed by atoms with van der Waals surface area (Å²) in [6.45, 7) is 8.26. The van der Waals surface area contributed by atoms with Crippen molar-refractivity contribution < 1.29 is 0 Å². The van der Waals surface area contributed by atoms with E-state index in [9.17, 15) is 0 Å². The number of hydrogen-bond donors (Lipinski definition) is 0. The molecule has 0 aliphatic heterocycles. The van der Waals surface area contributed by atoms with Gasteiger partial charge >= 0.3 is 0 Å². The highest BCUT2D eigenvalue weighted by Crippen LogP contribution is 2.43. The van der Waals surface area contributed by atoms with Gasteiger partial charge in [-0.05, 0) is 74.5 Å². The van der Waals surface area contributed by atoms with Crippen LogP contribution in [0.2, 0.25) is 0 Å². The second-order valence-corrected chi connectivity index (χ2v) is 13.4. The van der Waals surface area contributed by atoms with Crippen LogP contribution >= 0.6 is 11.3 Å². The molecule has 10 rings (SSSR count). The molecule has 3 aromatic heterocycles. The first-order chi connectivity index (χ1) is 24.2. The molecule has 7 aromatic carbocycles. The van der Waals surface area contributed by atoms with Crippen molar-refractivity contribution in [2.24, 2.45) is 0 Å². The highest BCUT2D eigenvalue weighted by Gasteiger charge is 2.21. The van der Waals surface area contributed by atoms with E-state index in [0.29, 0.717) is 0 Å². The number of aryl methyl sites for hydroxylation is 2. The van der Waals surface area contributed by atoms with E-state index in [2.05, 4.69) is 163 Å². The molecular formula is C46H38N2S. The molecule has 0 N–H and O–H groups in total. The fourth-order valence-corrected chi connectivity index (χ4v) is 8.25. The van der Waals surface area contributed by atoms with Crippen LogP contribution in [0.15, 0.2) is 158 Å². The molecule has 49 heavy (non-hydrogen) atoms. The van der Waals surface area contributed by atoms with Crippen molar-refractivity contribution in [1.29, 1.82) is 0 Å². The smallest absolute Gasteiger partial charge is 0.0641 e. The number of rotatable bonds is 2. The van der Waals surface area contributed by atoms with Crippen LogP contribution < -0.4 is 0 Å². The van der Waals surface area contributed by atoms with Crippen molar-refractivity contribution in [2.75, 3.05) is 0 Å². The molecule has 0 saturated heterocycles. The largest absolute Gasteiger partial charge is 0.309 e. The van der Waals surface area contributed by atoms with Crippen LogP contribution in [0.4, 0.5) is 0 Å². The lowest BCUT2D eigenvalue weighted by atomic mass is 10.1. The molecule has 0 bridgehead atoms. The Hall–Kier alpha value is -5.64. The van der Waals surface area contributed by atoms with E-state index in [4.69, 9.17) is 0 Å². The standard InChI is InChI=1S/C37H24N2S.C7H8.C2H6/c1-23-15-19-34-29(21-23)30-22-25(16-20-35(30)40-34)38-32-14-8-6-12-28(32)36-33(38)18-17-27-26-11-5-7-13-31(26)39(37(27)36)24-9-3-2-4-10-24;1-7-5-3-2-4-6-7;1-2/h2-22H,1H3;2-6H,1H3;1-2H3. The predicted molar refractivity (Wildman–Crippen MR) is 215 cm³/mol. The summed E-state index contributed by atoms with van der Waals surface area (Å²) in [4.78, 5) is 0. The van der Waals surface area contributed by atoms with Gasteiger partial charge in [0.05, 0.1) is 22.1 Å². The highest BCUT2D eigenvalue weighted by molar-refractivity contribution is 7.25. The molecule has 3 heterocycles. The molecule has 10 aromatic rings. The minimum absolute atomic E-state index is 1.18. The van der Waals surface area contributed by atoms with Crippen LogP contribution in [-0.4, -0.2) is 9.13 Å². The molecule has 0 aliphatic rings. The normalized spacial score (nSPS) is 11.3. The number of benzene rings is 7. The summed E-state index contributed by atoms with van der Waals surface area (Å²) in [6, 6.07) is 57.1. The highest BCUT2D eigenvalue weighted by atomic mass is 32.1. The molecule has 2 nitrogen and oxygen atoms in total. The second kappa shape index (κ2) is 12.8. The van der Waals surface area contributed by atoms with Gasteiger partial charge in [-0.25, -0.2) is 0 Å². The summed E-state index contributed by atoms with van der Waals surface area (Å²) in [6.07, 6.45) is 0. The number of thiophene rings is 1. The first kappa shape index (κ1) is 30.7. The zero-order valence-corrected chi connectivity index (χ0v) is 29.1. The van der Waals surface area contributed by atoms with Gasteiger partial charge < -0.3 is 9.13 Å². The Morgan fingerprint density at radius 3 is 1.67 bits per heavy atom. The SMILES string of the molecule is CC.Cc1ccc2sc3ccc(-n4c5ccccc5c5c4ccc4c6ccccc6n(-c6ccccc6)c45)cc3c2c1.Cc1ccccc1. The molecule has 0 amide bonds. The van der Waals surface area contributed by atoms with E-state index >= 15 is 0 Å². The average Bonchev–Trinajstić information content (AvgIpc) is 3.80. The lowest BCUT2D eigenvalue weighted by molar-refractivity contribution is 1.18. The van der Waals surface area contributed by atoms with Gasteiger partial charge in [0.25, 0.3) is 0 Å². The van der Waals surface area contributed by atoms with Crippen molar-refractivity contribution in [3.8, 4) is 11.4 Å². The van der Waals surface area contributed by atoms with Gasteiger partial charge in [0.1, 0.15) is 0 Å². The number of nitrogens with zero attached hydrogens (tertiary/aromatic N) is 2. The molecule has 0 saturated carbocycles. The zero-order chi connectivity index (χ0) is 33.5. The molecule has 0 spiro atoms. The monoisotopic (exact) mass is 650 g/mol. The Kier molecular flexibility index (Phi) is 7.99. The van der Waals surface area contributed by atoms with Crippen LogP contribution in [0.25, 0.3) is 75.2 Å². The maximum atomic E-state index is 2.45. The summed E-state index contributed by atoms with van der Waals surface area (Å²) >= 11 is 1.87.